The number of hydrogen-bond acceptors (Lipinski definition) is 3. The summed E-state index contributed by atoms with van der Waals surface area (Å²) in [4.78, 5) is 12.2. The number of rotatable bonds is 6. The van der Waals surface area contributed by atoms with E-state index in [9.17, 15) is 26.4 Å². The fourth-order valence-corrected chi connectivity index (χ4v) is 6.05. The van der Waals surface area contributed by atoms with Gasteiger partial charge in [0.1, 0.15) is 0 Å². The summed E-state index contributed by atoms with van der Waals surface area (Å²) in [6.45, 7) is 2.01. The quantitative estimate of drug-likeness (QED) is 0.653. The standard InChI is InChI=1S/C24H27F3N2O3S/c1-16-6-8-17(9-7-16)22(18-10-11-18)28-23(30)19-12-14-29(15-13-19)33(31,32)21-5-3-2-4-20(21)24(25,26)27/h2-9,18-19,22H,10-15H2,1H3,(H,28,30)/t22-/m1/s1. The van der Waals surface area contributed by atoms with Crippen molar-refractivity contribution in [2.24, 2.45) is 11.8 Å². The number of benzene rings is 2. The number of hydrogen-bond donors (Lipinski definition) is 1. The summed E-state index contributed by atoms with van der Waals surface area (Å²) in [5, 5.41) is 3.14. The molecule has 2 aromatic rings. The normalized spacial score (nSPS) is 19.3. The van der Waals surface area contributed by atoms with E-state index in [0.717, 1.165) is 40.4 Å². The zero-order chi connectivity index (χ0) is 23.8. The monoisotopic (exact) mass is 480 g/mol. The average molecular weight is 481 g/mol. The molecule has 2 fully saturated rings. The van der Waals surface area contributed by atoms with E-state index in [2.05, 4.69) is 5.32 Å². The van der Waals surface area contributed by atoms with Crippen LogP contribution in [0.2, 0.25) is 0 Å². The van der Waals surface area contributed by atoms with Crippen LogP contribution >= 0.6 is 0 Å². The molecule has 1 aliphatic heterocycles. The Labute approximate surface area is 192 Å². The van der Waals surface area contributed by atoms with Gasteiger partial charge in [-0.15, -0.1) is 0 Å². The first kappa shape index (κ1) is 23.8. The highest BCUT2D eigenvalue weighted by atomic mass is 32.2. The molecule has 0 aromatic heterocycles. The largest absolute Gasteiger partial charge is 0.417 e. The number of nitrogens with one attached hydrogen (secondary N) is 1. The topological polar surface area (TPSA) is 66.5 Å². The molecule has 2 aliphatic rings. The third-order valence-electron chi connectivity index (χ3n) is 6.46. The zero-order valence-electron chi connectivity index (χ0n) is 18.3. The minimum atomic E-state index is -4.77. The smallest absolute Gasteiger partial charge is 0.349 e. The Kier molecular flexibility index (Phi) is 6.55. The maximum atomic E-state index is 13.3. The summed E-state index contributed by atoms with van der Waals surface area (Å²) in [7, 11) is -4.32. The van der Waals surface area contributed by atoms with Gasteiger partial charge in [-0.1, -0.05) is 42.0 Å². The van der Waals surface area contributed by atoms with E-state index in [1.165, 1.54) is 12.1 Å². The van der Waals surface area contributed by atoms with Crippen LogP contribution in [0.1, 0.15) is 48.4 Å². The summed E-state index contributed by atoms with van der Waals surface area (Å²) >= 11 is 0. The second kappa shape index (κ2) is 9.10. The van der Waals surface area contributed by atoms with E-state index in [-0.39, 0.29) is 43.8 Å². The fraction of sp³-hybridized carbons (Fsp3) is 0.458. The Bertz CT molecular complexity index is 1100. The fourth-order valence-electron chi connectivity index (χ4n) is 4.37. The predicted octanol–water partition coefficient (Wildman–Crippen LogP) is 4.68. The Hall–Kier alpha value is -2.39. The molecular formula is C24H27F3N2O3S. The molecule has 0 bridgehead atoms. The molecule has 1 saturated carbocycles. The molecule has 9 heteroatoms. The summed E-state index contributed by atoms with van der Waals surface area (Å²) in [5.74, 6) is -0.0998. The molecule has 2 aromatic carbocycles. The van der Waals surface area contributed by atoms with Crippen molar-refractivity contribution in [2.75, 3.05) is 13.1 Å². The molecule has 1 saturated heterocycles. The highest BCUT2D eigenvalue weighted by Crippen LogP contribution is 2.41. The summed E-state index contributed by atoms with van der Waals surface area (Å²) in [6.07, 6.45) is -2.13. The third-order valence-corrected chi connectivity index (χ3v) is 8.42. The molecule has 1 aliphatic carbocycles. The van der Waals surface area contributed by atoms with Crippen LogP contribution in [0.3, 0.4) is 0 Å². The Morgan fingerprint density at radius 2 is 1.61 bits per heavy atom. The number of sulfonamides is 1. The highest BCUT2D eigenvalue weighted by Gasteiger charge is 2.41. The van der Waals surface area contributed by atoms with Gasteiger partial charge in [-0.3, -0.25) is 4.79 Å². The Morgan fingerprint density at radius 1 is 1.00 bits per heavy atom. The molecule has 1 N–H and O–H groups in total. The van der Waals surface area contributed by atoms with Crippen molar-refractivity contribution in [2.45, 2.75) is 49.7 Å². The molecule has 0 radical (unpaired) electrons. The van der Waals surface area contributed by atoms with Gasteiger partial charge in [-0.05, 0) is 56.2 Å². The van der Waals surface area contributed by atoms with Gasteiger partial charge in [0.2, 0.25) is 15.9 Å². The lowest BCUT2D eigenvalue weighted by molar-refractivity contribution is -0.139. The van der Waals surface area contributed by atoms with Crippen LogP contribution in [0.15, 0.2) is 53.4 Å². The summed E-state index contributed by atoms with van der Waals surface area (Å²) < 4.78 is 66.9. The first-order chi connectivity index (χ1) is 15.6. The number of alkyl halides is 3. The van der Waals surface area contributed by atoms with Gasteiger partial charge < -0.3 is 5.32 Å². The first-order valence-electron chi connectivity index (χ1n) is 11.1. The highest BCUT2D eigenvalue weighted by molar-refractivity contribution is 7.89. The number of aryl methyl sites for hydroxylation is 1. The van der Waals surface area contributed by atoms with Gasteiger partial charge in [-0.25, -0.2) is 8.42 Å². The van der Waals surface area contributed by atoms with Gasteiger partial charge in [0.15, 0.2) is 0 Å². The molecule has 0 spiro atoms. The second-order valence-corrected chi connectivity index (χ2v) is 10.8. The van der Waals surface area contributed by atoms with Crippen molar-refractivity contribution in [1.82, 2.24) is 9.62 Å². The first-order valence-corrected chi connectivity index (χ1v) is 12.5. The van der Waals surface area contributed by atoms with E-state index in [1.54, 1.807) is 0 Å². The third kappa shape index (κ3) is 5.24. The predicted molar refractivity (Wildman–Crippen MR) is 118 cm³/mol. The number of piperidine rings is 1. The minimum absolute atomic E-state index is 0.00520. The van der Waals surface area contributed by atoms with Gasteiger partial charge in [0.05, 0.1) is 16.5 Å². The molecule has 5 nitrogen and oxygen atoms in total. The molecule has 1 amide bonds. The van der Waals surface area contributed by atoms with Gasteiger partial charge in [-0.2, -0.15) is 17.5 Å². The van der Waals surface area contributed by atoms with Crippen LogP contribution in [-0.2, 0) is 21.0 Å². The van der Waals surface area contributed by atoms with E-state index < -0.39 is 26.7 Å². The van der Waals surface area contributed by atoms with Gasteiger partial charge in [0, 0.05) is 19.0 Å². The minimum Gasteiger partial charge on any atom is -0.349 e. The summed E-state index contributed by atoms with van der Waals surface area (Å²) in [5.41, 5.74) is 1.02. The number of nitrogens with zero attached hydrogens (tertiary/aromatic N) is 1. The zero-order valence-corrected chi connectivity index (χ0v) is 19.1. The average Bonchev–Trinajstić information content (AvgIpc) is 3.63. The second-order valence-electron chi connectivity index (χ2n) is 8.91. The van der Waals surface area contributed by atoms with E-state index in [0.29, 0.717) is 5.92 Å². The Balaban J connectivity index is 1.42. The van der Waals surface area contributed by atoms with Crippen LogP contribution < -0.4 is 5.32 Å². The number of carbonyl (C=O) groups is 1. The molecular weight excluding hydrogens is 453 g/mol. The molecule has 33 heavy (non-hydrogen) atoms. The maximum Gasteiger partial charge on any atom is 0.417 e. The molecule has 1 atom stereocenters. The molecule has 178 valence electrons. The van der Waals surface area contributed by atoms with Crippen molar-refractivity contribution in [3.63, 3.8) is 0 Å². The lowest BCUT2D eigenvalue weighted by Crippen LogP contribution is -2.44. The lowest BCUT2D eigenvalue weighted by Gasteiger charge is -2.32. The van der Waals surface area contributed by atoms with E-state index >= 15 is 0 Å². The molecule has 1 heterocycles. The lowest BCUT2D eigenvalue weighted by atomic mass is 9.95. The van der Waals surface area contributed by atoms with Crippen molar-refractivity contribution in [3.05, 3.63) is 65.2 Å². The molecule has 4 rings (SSSR count). The maximum absolute atomic E-state index is 13.3. The van der Waals surface area contributed by atoms with Crippen molar-refractivity contribution in [3.8, 4) is 0 Å². The van der Waals surface area contributed by atoms with Crippen LogP contribution in [0.5, 0.6) is 0 Å². The van der Waals surface area contributed by atoms with E-state index in [1.807, 2.05) is 31.2 Å². The van der Waals surface area contributed by atoms with Crippen LogP contribution in [0, 0.1) is 18.8 Å². The van der Waals surface area contributed by atoms with Gasteiger partial charge in [0.25, 0.3) is 0 Å². The van der Waals surface area contributed by atoms with Crippen LogP contribution in [0.25, 0.3) is 0 Å². The van der Waals surface area contributed by atoms with Gasteiger partial charge >= 0.3 is 6.18 Å². The van der Waals surface area contributed by atoms with Crippen molar-refractivity contribution >= 4 is 15.9 Å². The summed E-state index contributed by atoms with van der Waals surface area (Å²) in [6, 6.07) is 12.2. The SMILES string of the molecule is Cc1ccc([C@@H](NC(=O)C2CCN(S(=O)(=O)c3ccccc3C(F)(F)F)CC2)C2CC2)cc1. The van der Waals surface area contributed by atoms with Crippen molar-refractivity contribution < 1.29 is 26.4 Å². The van der Waals surface area contributed by atoms with Crippen LogP contribution in [0.4, 0.5) is 13.2 Å². The Morgan fingerprint density at radius 3 is 2.18 bits per heavy atom. The molecule has 0 unspecified atom stereocenters. The van der Waals surface area contributed by atoms with Crippen LogP contribution in [-0.4, -0.2) is 31.7 Å². The number of carbonyl (C=O) groups excluding carboxylic acids is 1. The van der Waals surface area contributed by atoms with Crippen molar-refractivity contribution in [1.29, 1.82) is 0 Å². The number of amides is 1. The number of halogens is 3. The van der Waals surface area contributed by atoms with E-state index in [4.69, 9.17) is 0 Å².